The van der Waals surface area contributed by atoms with E-state index in [1.807, 2.05) is 29.2 Å². The second kappa shape index (κ2) is 6.71. The van der Waals surface area contributed by atoms with Crippen LogP contribution >= 0.6 is 12.6 Å². The van der Waals surface area contributed by atoms with E-state index in [0.717, 1.165) is 42.3 Å². The molecule has 1 saturated heterocycles. The first kappa shape index (κ1) is 15.4. The Labute approximate surface area is 135 Å². The van der Waals surface area contributed by atoms with Gasteiger partial charge < -0.3 is 15.5 Å². The Bertz CT molecular complexity index is 602. The summed E-state index contributed by atoms with van der Waals surface area (Å²) in [4.78, 5) is 9.36. The van der Waals surface area contributed by atoms with E-state index in [2.05, 4.69) is 22.5 Å². The van der Waals surface area contributed by atoms with Crippen LogP contribution in [0.2, 0.25) is 0 Å². The van der Waals surface area contributed by atoms with E-state index in [1.54, 1.807) is 0 Å². The molecule has 0 saturated carbocycles. The highest BCUT2D eigenvalue weighted by Gasteiger charge is 2.26. The smallest absolute Gasteiger partial charge is 0.202 e. The number of benzene rings is 1. The molecule has 2 N–H and O–H groups in total. The molecule has 2 aliphatic rings. The van der Waals surface area contributed by atoms with E-state index in [4.69, 9.17) is 5.73 Å². The molecule has 6 heteroatoms. The summed E-state index contributed by atoms with van der Waals surface area (Å²) in [6.45, 7) is 2.52. The number of nitrogens with two attached hydrogens (primary N) is 1. The van der Waals surface area contributed by atoms with Gasteiger partial charge in [0.25, 0.3) is 0 Å². The third kappa shape index (κ3) is 3.44. The number of aliphatic imine (C=N–C) groups is 1. The number of hydrogen-bond donors (Lipinski definition) is 2. The molecule has 0 bridgehead atoms. The van der Waals surface area contributed by atoms with Gasteiger partial charge in [0.1, 0.15) is 5.83 Å². The molecule has 1 aromatic carbocycles. The maximum Gasteiger partial charge on any atom is 0.202 e. The van der Waals surface area contributed by atoms with E-state index in [1.165, 1.54) is 6.20 Å². The van der Waals surface area contributed by atoms with Gasteiger partial charge in [-0.3, -0.25) is 0 Å². The minimum Gasteiger partial charge on any atom is -0.341 e. The predicted octanol–water partition coefficient (Wildman–Crippen LogP) is 2.38. The molecule has 1 aromatic rings. The Kier molecular flexibility index (Phi) is 4.69. The Morgan fingerprint density at radius 1 is 1.36 bits per heavy atom. The quantitative estimate of drug-likeness (QED) is 0.823. The van der Waals surface area contributed by atoms with Gasteiger partial charge in [-0.25, -0.2) is 9.38 Å². The average Bonchev–Trinajstić information content (AvgIpc) is 2.50. The van der Waals surface area contributed by atoms with Gasteiger partial charge in [-0.05, 0) is 24.5 Å². The number of thiol groups is 1. The van der Waals surface area contributed by atoms with Gasteiger partial charge in [-0.2, -0.15) is 0 Å². The average molecular weight is 320 g/mol. The summed E-state index contributed by atoms with van der Waals surface area (Å²) in [7, 11) is 0. The van der Waals surface area contributed by atoms with E-state index in [-0.39, 0.29) is 18.4 Å². The van der Waals surface area contributed by atoms with Gasteiger partial charge in [0.05, 0.1) is 12.7 Å². The third-order valence-corrected chi connectivity index (χ3v) is 4.47. The summed E-state index contributed by atoms with van der Waals surface area (Å²) in [5, 5.41) is 0. The van der Waals surface area contributed by atoms with Crippen LogP contribution in [-0.2, 0) is 6.54 Å². The van der Waals surface area contributed by atoms with E-state index >= 15 is 0 Å². The van der Waals surface area contributed by atoms with Crippen LogP contribution in [0, 0.1) is 0 Å². The normalized spacial score (nSPS) is 22.4. The number of guanidine groups is 1. The molecule has 3 rings (SSSR count). The first-order valence-electron chi connectivity index (χ1n) is 7.58. The third-order valence-electron chi connectivity index (χ3n) is 4.04. The van der Waals surface area contributed by atoms with Crippen molar-refractivity contribution in [2.24, 2.45) is 10.7 Å². The van der Waals surface area contributed by atoms with Crippen LogP contribution in [0.3, 0.4) is 0 Å². The molecule has 0 amide bonds. The molecular weight excluding hydrogens is 299 g/mol. The highest BCUT2D eigenvalue weighted by Crippen LogP contribution is 2.21. The topological polar surface area (TPSA) is 44.9 Å². The maximum absolute atomic E-state index is 13.7. The van der Waals surface area contributed by atoms with Crippen molar-refractivity contribution in [1.82, 2.24) is 9.80 Å². The Balaban J connectivity index is 1.81. The van der Waals surface area contributed by atoms with Crippen molar-refractivity contribution in [2.45, 2.75) is 30.3 Å². The summed E-state index contributed by atoms with van der Waals surface area (Å²) in [5.74, 6) is 0.592. The van der Waals surface area contributed by atoms with Crippen molar-refractivity contribution in [3.63, 3.8) is 0 Å². The number of nitrogens with zero attached hydrogens (tertiary/aromatic N) is 3. The molecule has 0 unspecified atom stereocenters. The molecule has 0 aromatic heterocycles. The zero-order chi connectivity index (χ0) is 15.5. The predicted molar refractivity (Wildman–Crippen MR) is 89.5 cm³/mol. The molecular formula is C16H21FN4S. The molecule has 1 atom stereocenters. The van der Waals surface area contributed by atoms with Gasteiger partial charge in [-0.15, -0.1) is 12.6 Å². The van der Waals surface area contributed by atoms with Crippen LogP contribution in [0.15, 0.2) is 46.2 Å². The number of rotatable bonds is 2. The second-order valence-corrected chi connectivity index (χ2v) is 6.32. The van der Waals surface area contributed by atoms with Crippen molar-refractivity contribution in [3.05, 3.63) is 41.9 Å². The van der Waals surface area contributed by atoms with Crippen LogP contribution in [0.25, 0.3) is 0 Å². The minimum absolute atomic E-state index is 0.159. The zero-order valence-corrected chi connectivity index (χ0v) is 13.3. The number of piperidine rings is 1. The van der Waals surface area contributed by atoms with Gasteiger partial charge in [0.2, 0.25) is 5.96 Å². The van der Waals surface area contributed by atoms with Gasteiger partial charge >= 0.3 is 0 Å². The Morgan fingerprint density at radius 2 is 2.18 bits per heavy atom. The molecule has 1 fully saturated rings. The van der Waals surface area contributed by atoms with Gasteiger partial charge in [-0.1, -0.05) is 18.2 Å². The largest absolute Gasteiger partial charge is 0.341 e. The zero-order valence-electron chi connectivity index (χ0n) is 12.5. The molecule has 2 aliphatic heterocycles. The fourth-order valence-corrected chi connectivity index (χ4v) is 3.18. The van der Waals surface area contributed by atoms with Crippen LogP contribution in [0.5, 0.6) is 0 Å². The molecule has 0 spiro atoms. The fourth-order valence-electron chi connectivity index (χ4n) is 2.95. The van der Waals surface area contributed by atoms with Crippen molar-refractivity contribution in [2.75, 3.05) is 19.6 Å². The summed E-state index contributed by atoms with van der Waals surface area (Å²) < 4.78 is 13.7. The fraction of sp³-hybridized carbons (Fsp3) is 0.438. The van der Waals surface area contributed by atoms with Crippen molar-refractivity contribution < 1.29 is 4.39 Å². The minimum atomic E-state index is -0.221. The van der Waals surface area contributed by atoms with Crippen LogP contribution < -0.4 is 5.73 Å². The summed E-state index contributed by atoms with van der Waals surface area (Å²) in [6.07, 6.45) is 3.40. The highest BCUT2D eigenvalue weighted by atomic mass is 32.1. The SMILES string of the molecule is N[C@@H]1CCCN(C2=NC=C(F)CN2Cc2ccccc2S)C1. The summed E-state index contributed by atoms with van der Waals surface area (Å²) in [6, 6.07) is 8.03. The van der Waals surface area contributed by atoms with E-state index < -0.39 is 0 Å². The van der Waals surface area contributed by atoms with E-state index in [0.29, 0.717) is 6.54 Å². The monoisotopic (exact) mass is 320 g/mol. The van der Waals surface area contributed by atoms with Crippen LogP contribution in [0.1, 0.15) is 18.4 Å². The van der Waals surface area contributed by atoms with Crippen LogP contribution in [-0.4, -0.2) is 41.4 Å². The van der Waals surface area contributed by atoms with Crippen molar-refractivity contribution >= 4 is 18.6 Å². The lowest BCUT2D eigenvalue weighted by molar-refractivity contribution is 0.255. The summed E-state index contributed by atoms with van der Waals surface area (Å²) in [5.41, 5.74) is 7.13. The standard InChI is InChI=1S/C16H21FN4S/c17-13-8-19-16(20-7-3-5-14(18)11-20)21(10-13)9-12-4-1-2-6-15(12)22/h1-2,4,6,8,14,22H,3,5,7,9-11,18H2/t14-/m1/s1. The Hall–Kier alpha value is -1.53. The first-order valence-corrected chi connectivity index (χ1v) is 8.03. The lowest BCUT2D eigenvalue weighted by Gasteiger charge is -2.39. The molecule has 0 radical (unpaired) electrons. The first-order chi connectivity index (χ1) is 10.6. The molecule has 22 heavy (non-hydrogen) atoms. The van der Waals surface area contributed by atoms with Crippen molar-refractivity contribution in [1.29, 1.82) is 0 Å². The lowest BCUT2D eigenvalue weighted by Crippen LogP contribution is -2.52. The number of hydrogen-bond acceptors (Lipinski definition) is 5. The lowest BCUT2D eigenvalue weighted by atomic mass is 10.1. The molecule has 2 heterocycles. The molecule has 4 nitrogen and oxygen atoms in total. The van der Waals surface area contributed by atoms with Crippen molar-refractivity contribution in [3.8, 4) is 0 Å². The van der Waals surface area contributed by atoms with Crippen LogP contribution in [0.4, 0.5) is 4.39 Å². The second-order valence-electron chi connectivity index (χ2n) is 5.84. The number of likely N-dealkylation sites (tertiary alicyclic amines) is 1. The molecule has 118 valence electrons. The summed E-state index contributed by atoms with van der Waals surface area (Å²) >= 11 is 4.48. The van der Waals surface area contributed by atoms with Gasteiger partial charge in [0, 0.05) is 30.6 Å². The van der Waals surface area contributed by atoms with Gasteiger partial charge in [0.15, 0.2) is 0 Å². The number of halogens is 1. The maximum atomic E-state index is 13.7. The molecule has 0 aliphatic carbocycles. The highest BCUT2D eigenvalue weighted by molar-refractivity contribution is 7.80. The van der Waals surface area contributed by atoms with E-state index in [9.17, 15) is 4.39 Å². The Morgan fingerprint density at radius 3 is 2.95 bits per heavy atom.